The first-order chi connectivity index (χ1) is 8.71. The van der Waals surface area contributed by atoms with Crippen molar-refractivity contribution in [2.75, 3.05) is 13.2 Å². The number of rotatable bonds is 2. The Morgan fingerprint density at radius 2 is 2.39 bits per heavy atom. The van der Waals surface area contributed by atoms with E-state index in [1.807, 2.05) is 22.8 Å². The van der Waals surface area contributed by atoms with E-state index in [0.717, 1.165) is 24.5 Å². The molecule has 1 N–H and O–H groups in total. The number of nitrogens with one attached hydrogen (secondary N) is 1. The van der Waals surface area contributed by atoms with Gasteiger partial charge in [-0.3, -0.25) is 14.6 Å². The van der Waals surface area contributed by atoms with Gasteiger partial charge in [-0.25, -0.2) is 0 Å². The lowest BCUT2D eigenvalue weighted by molar-refractivity contribution is 0.161. The van der Waals surface area contributed by atoms with Gasteiger partial charge in [-0.1, -0.05) is 6.07 Å². The summed E-state index contributed by atoms with van der Waals surface area (Å²) in [5.41, 5.74) is 0.676. The molecule has 2 aromatic rings. The predicted octanol–water partition coefficient (Wildman–Crippen LogP) is 2.14. The smallest absolute Gasteiger partial charge is 0.196 e. The molecular weight excluding hydrogens is 248 g/mol. The SMILES string of the molecule is CC1(n2c(-c3ccccn3)n[nH]c2=S)CCOC1. The van der Waals surface area contributed by atoms with Crippen LogP contribution in [0.25, 0.3) is 11.5 Å². The fourth-order valence-electron chi connectivity index (χ4n) is 2.30. The predicted molar refractivity (Wildman–Crippen MR) is 69.7 cm³/mol. The molecule has 2 aromatic heterocycles. The molecule has 0 bridgehead atoms. The highest BCUT2D eigenvalue weighted by Gasteiger charge is 2.35. The minimum absolute atomic E-state index is 0.142. The summed E-state index contributed by atoms with van der Waals surface area (Å²) in [6, 6.07) is 5.76. The molecule has 3 heterocycles. The fraction of sp³-hybridized carbons (Fsp3) is 0.417. The zero-order valence-corrected chi connectivity index (χ0v) is 10.9. The molecule has 0 saturated carbocycles. The van der Waals surface area contributed by atoms with E-state index in [0.29, 0.717) is 11.4 Å². The highest BCUT2D eigenvalue weighted by atomic mass is 32.1. The second-order valence-electron chi connectivity index (χ2n) is 4.70. The van der Waals surface area contributed by atoms with Crippen molar-refractivity contribution in [3.8, 4) is 11.5 Å². The number of aromatic nitrogens is 4. The monoisotopic (exact) mass is 262 g/mol. The molecule has 6 heteroatoms. The summed E-state index contributed by atoms with van der Waals surface area (Å²) in [7, 11) is 0. The minimum atomic E-state index is -0.142. The number of nitrogens with zero attached hydrogens (tertiary/aromatic N) is 3. The van der Waals surface area contributed by atoms with E-state index in [-0.39, 0.29) is 5.54 Å². The fourth-order valence-corrected chi connectivity index (χ4v) is 2.65. The van der Waals surface area contributed by atoms with E-state index in [4.69, 9.17) is 17.0 Å². The summed E-state index contributed by atoms with van der Waals surface area (Å²) in [6.45, 7) is 3.55. The molecule has 94 valence electrons. The van der Waals surface area contributed by atoms with Gasteiger partial charge in [0.1, 0.15) is 5.69 Å². The largest absolute Gasteiger partial charge is 0.379 e. The summed E-state index contributed by atoms with van der Waals surface area (Å²) in [6.07, 6.45) is 2.69. The van der Waals surface area contributed by atoms with Crippen LogP contribution in [0.1, 0.15) is 13.3 Å². The molecule has 1 aliphatic heterocycles. The summed E-state index contributed by atoms with van der Waals surface area (Å²) in [5.74, 6) is 0.772. The first-order valence-electron chi connectivity index (χ1n) is 5.88. The standard InChI is InChI=1S/C12H14N4OS/c1-12(5-7-17-8-12)16-10(14-15-11(16)18)9-4-2-3-6-13-9/h2-4,6H,5,7-8H2,1H3,(H,15,18). The second-order valence-corrected chi connectivity index (χ2v) is 5.09. The summed E-state index contributed by atoms with van der Waals surface area (Å²) < 4.78 is 8.14. The Labute approximate surface area is 110 Å². The van der Waals surface area contributed by atoms with Crippen molar-refractivity contribution >= 4 is 12.2 Å². The average molecular weight is 262 g/mol. The Balaban J connectivity index is 2.16. The molecular formula is C12H14N4OS. The third-order valence-corrected chi connectivity index (χ3v) is 3.58. The maximum atomic E-state index is 5.50. The van der Waals surface area contributed by atoms with Crippen LogP contribution in [0.15, 0.2) is 24.4 Å². The Morgan fingerprint density at radius 3 is 3.06 bits per heavy atom. The van der Waals surface area contributed by atoms with E-state index >= 15 is 0 Å². The van der Waals surface area contributed by atoms with Crippen molar-refractivity contribution in [2.45, 2.75) is 18.9 Å². The van der Waals surface area contributed by atoms with Crippen LogP contribution in [-0.2, 0) is 10.3 Å². The number of hydrogen-bond acceptors (Lipinski definition) is 4. The second kappa shape index (κ2) is 4.29. The molecule has 5 nitrogen and oxygen atoms in total. The number of pyridine rings is 1. The van der Waals surface area contributed by atoms with Gasteiger partial charge in [0.05, 0.1) is 12.1 Å². The van der Waals surface area contributed by atoms with Gasteiger partial charge in [-0.15, -0.1) is 0 Å². The third-order valence-electron chi connectivity index (χ3n) is 3.30. The first kappa shape index (κ1) is 11.6. The highest BCUT2D eigenvalue weighted by molar-refractivity contribution is 7.71. The molecule has 0 aromatic carbocycles. The van der Waals surface area contributed by atoms with Crippen molar-refractivity contribution in [2.24, 2.45) is 0 Å². The number of ether oxygens (including phenoxy) is 1. The van der Waals surface area contributed by atoms with E-state index in [1.165, 1.54) is 0 Å². The molecule has 18 heavy (non-hydrogen) atoms. The first-order valence-corrected chi connectivity index (χ1v) is 6.29. The van der Waals surface area contributed by atoms with Crippen LogP contribution < -0.4 is 0 Å². The van der Waals surface area contributed by atoms with E-state index in [9.17, 15) is 0 Å². The van der Waals surface area contributed by atoms with E-state index in [2.05, 4.69) is 22.1 Å². The quantitative estimate of drug-likeness (QED) is 0.842. The molecule has 0 spiro atoms. The Bertz CT molecular complexity index is 598. The van der Waals surface area contributed by atoms with Gasteiger partial charge in [0.15, 0.2) is 10.6 Å². The maximum absolute atomic E-state index is 5.50. The number of hydrogen-bond donors (Lipinski definition) is 1. The van der Waals surface area contributed by atoms with Crippen LogP contribution in [0.4, 0.5) is 0 Å². The molecule has 1 atom stereocenters. The van der Waals surface area contributed by atoms with Gasteiger partial charge in [-0.2, -0.15) is 5.10 Å². The van der Waals surface area contributed by atoms with E-state index in [1.54, 1.807) is 6.20 Å². The van der Waals surface area contributed by atoms with Crippen LogP contribution in [-0.4, -0.2) is 33.0 Å². The summed E-state index contributed by atoms with van der Waals surface area (Å²) >= 11 is 5.34. The van der Waals surface area contributed by atoms with Crippen LogP contribution in [0, 0.1) is 4.77 Å². The average Bonchev–Trinajstić information content (AvgIpc) is 2.98. The van der Waals surface area contributed by atoms with Crippen LogP contribution >= 0.6 is 12.2 Å². The normalized spacial score (nSPS) is 23.4. The number of aromatic amines is 1. The van der Waals surface area contributed by atoms with E-state index < -0.39 is 0 Å². The summed E-state index contributed by atoms with van der Waals surface area (Å²) in [5, 5.41) is 7.16. The number of H-pyrrole nitrogens is 1. The van der Waals surface area contributed by atoms with Crippen molar-refractivity contribution in [3.05, 3.63) is 29.2 Å². The van der Waals surface area contributed by atoms with Gasteiger partial charge in [0, 0.05) is 12.8 Å². The van der Waals surface area contributed by atoms with Crippen LogP contribution in [0.2, 0.25) is 0 Å². The van der Waals surface area contributed by atoms with Crippen molar-refractivity contribution in [1.29, 1.82) is 0 Å². The topological polar surface area (TPSA) is 55.7 Å². The molecule has 0 radical (unpaired) electrons. The van der Waals surface area contributed by atoms with Crippen molar-refractivity contribution < 1.29 is 4.74 Å². The molecule has 1 unspecified atom stereocenters. The lowest BCUT2D eigenvalue weighted by Crippen LogP contribution is -2.31. The Morgan fingerprint density at radius 1 is 1.50 bits per heavy atom. The minimum Gasteiger partial charge on any atom is -0.379 e. The molecule has 1 aliphatic rings. The molecule has 1 saturated heterocycles. The molecule has 0 aliphatic carbocycles. The van der Waals surface area contributed by atoms with Gasteiger partial charge in [0.2, 0.25) is 0 Å². The van der Waals surface area contributed by atoms with Crippen molar-refractivity contribution in [3.63, 3.8) is 0 Å². The lowest BCUT2D eigenvalue weighted by atomic mass is 10.0. The van der Waals surface area contributed by atoms with Gasteiger partial charge >= 0.3 is 0 Å². The maximum Gasteiger partial charge on any atom is 0.196 e. The van der Waals surface area contributed by atoms with Crippen LogP contribution in [0.5, 0.6) is 0 Å². The van der Waals surface area contributed by atoms with Gasteiger partial charge in [0.25, 0.3) is 0 Å². The van der Waals surface area contributed by atoms with Crippen LogP contribution in [0.3, 0.4) is 0 Å². The summed E-state index contributed by atoms with van der Waals surface area (Å²) in [4.78, 5) is 4.34. The highest BCUT2D eigenvalue weighted by Crippen LogP contribution is 2.30. The molecule has 1 fully saturated rings. The van der Waals surface area contributed by atoms with Gasteiger partial charge in [-0.05, 0) is 37.7 Å². The Hall–Kier alpha value is -1.53. The van der Waals surface area contributed by atoms with Crippen molar-refractivity contribution in [1.82, 2.24) is 19.7 Å². The molecule has 3 rings (SSSR count). The Kier molecular flexibility index (Phi) is 2.76. The zero-order chi connectivity index (χ0) is 12.6. The zero-order valence-electron chi connectivity index (χ0n) is 10.1. The molecule has 0 amide bonds. The van der Waals surface area contributed by atoms with Gasteiger partial charge < -0.3 is 4.74 Å². The lowest BCUT2D eigenvalue weighted by Gasteiger charge is -2.25. The third kappa shape index (κ3) is 1.77.